The van der Waals surface area contributed by atoms with Crippen molar-refractivity contribution in [1.82, 2.24) is 25.8 Å². The third-order valence-electron chi connectivity index (χ3n) is 2.50. The van der Waals surface area contributed by atoms with Gasteiger partial charge in [-0.15, -0.1) is 0 Å². The zero-order valence-electron chi connectivity index (χ0n) is 11.2. The SMILES string of the molecule is CC(C)CC(NC(=O)NC(C)c1ncn[nH]1)C(=O)O. The molecule has 0 fully saturated rings. The molecule has 0 radical (unpaired) electrons. The van der Waals surface area contributed by atoms with Gasteiger partial charge in [-0.25, -0.2) is 14.6 Å². The smallest absolute Gasteiger partial charge is 0.326 e. The first-order valence-electron chi connectivity index (χ1n) is 6.05. The van der Waals surface area contributed by atoms with E-state index in [-0.39, 0.29) is 12.0 Å². The summed E-state index contributed by atoms with van der Waals surface area (Å²) in [5.41, 5.74) is 0. The Bertz CT molecular complexity index is 418. The van der Waals surface area contributed by atoms with Crippen molar-refractivity contribution in [2.24, 2.45) is 5.92 Å². The van der Waals surface area contributed by atoms with E-state index in [2.05, 4.69) is 25.8 Å². The molecule has 2 atom stereocenters. The van der Waals surface area contributed by atoms with E-state index in [0.717, 1.165) is 0 Å². The molecule has 1 aromatic rings. The lowest BCUT2D eigenvalue weighted by Gasteiger charge is -2.18. The molecule has 106 valence electrons. The monoisotopic (exact) mass is 269 g/mol. The van der Waals surface area contributed by atoms with Gasteiger partial charge < -0.3 is 15.7 Å². The van der Waals surface area contributed by atoms with E-state index in [1.807, 2.05) is 13.8 Å². The van der Waals surface area contributed by atoms with E-state index in [9.17, 15) is 9.59 Å². The summed E-state index contributed by atoms with van der Waals surface area (Å²) in [6.45, 7) is 5.51. The molecule has 1 heterocycles. The van der Waals surface area contributed by atoms with E-state index in [1.54, 1.807) is 6.92 Å². The molecule has 2 amide bonds. The highest BCUT2D eigenvalue weighted by molar-refractivity contribution is 5.82. The average Bonchev–Trinajstić information content (AvgIpc) is 2.80. The lowest BCUT2D eigenvalue weighted by Crippen LogP contribution is -2.47. The van der Waals surface area contributed by atoms with Gasteiger partial charge in [-0.2, -0.15) is 5.10 Å². The molecular formula is C11H19N5O3. The van der Waals surface area contributed by atoms with Crippen LogP contribution in [0.15, 0.2) is 6.33 Å². The zero-order chi connectivity index (χ0) is 14.4. The molecule has 2 unspecified atom stereocenters. The largest absolute Gasteiger partial charge is 0.480 e. The van der Waals surface area contributed by atoms with E-state index < -0.39 is 18.0 Å². The number of nitrogens with zero attached hydrogens (tertiary/aromatic N) is 2. The predicted octanol–water partition coefficient (Wildman–Crippen LogP) is 0.664. The summed E-state index contributed by atoms with van der Waals surface area (Å²) >= 11 is 0. The Morgan fingerprint density at radius 2 is 2.05 bits per heavy atom. The Morgan fingerprint density at radius 1 is 1.37 bits per heavy atom. The minimum atomic E-state index is -1.05. The molecule has 0 aliphatic heterocycles. The van der Waals surface area contributed by atoms with Crippen molar-refractivity contribution < 1.29 is 14.7 Å². The minimum absolute atomic E-state index is 0.174. The van der Waals surface area contributed by atoms with Crippen LogP contribution >= 0.6 is 0 Å². The molecule has 0 aliphatic rings. The highest BCUT2D eigenvalue weighted by Gasteiger charge is 2.22. The molecule has 8 heteroatoms. The summed E-state index contributed by atoms with van der Waals surface area (Å²) in [4.78, 5) is 26.6. The van der Waals surface area contributed by atoms with Crippen molar-refractivity contribution >= 4 is 12.0 Å². The molecule has 0 aromatic carbocycles. The van der Waals surface area contributed by atoms with Crippen molar-refractivity contribution in [2.45, 2.75) is 39.3 Å². The van der Waals surface area contributed by atoms with Gasteiger partial charge in [0.05, 0.1) is 6.04 Å². The number of rotatable bonds is 6. The Hall–Kier alpha value is -2.12. The molecule has 1 rings (SSSR count). The lowest BCUT2D eigenvalue weighted by molar-refractivity contribution is -0.139. The Morgan fingerprint density at radius 3 is 2.53 bits per heavy atom. The molecule has 0 spiro atoms. The molecule has 0 aliphatic carbocycles. The molecule has 8 nitrogen and oxygen atoms in total. The second-order valence-electron chi connectivity index (χ2n) is 4.73. The standard InChI is InChI=1S/C11H19N5O3/c1-6(2)4-8(10(17)18)15-11(19)14-7(3)9-12-5-13-16-9/h5-8H,4H2,1-3H3,(H,17,18)(H,12,13,16)(H2,14,15,19). The molecule has 0 saturated heterocycles. The predicted molar refractivity (Wildman–Crippen MR) is 67.3 cm³/mol. The highest BCUT2D eigenvalue weighted by Crippen LogP contribution is 2.06. The number of hydrogen-bond donors (Lipinski definition) is 4. The van der Waals surface area contributed by atoms with Crippen LogP contribution in [0.4, 0.5) is 4.79 Å². The summed E-state index contributed by atoms with van der Waals surface area (Å²) in [5, 5.41) is 20.3. The van der Waals surface area contributed by atoms with Crippen molar-refractivity contribution in [1.29, 1.82) is 0 Å². The van der Waals surface area contributed by atoms with Gasteiger partial charge >= 0.3 is 12.0 Å². The van der Waals surface area contributed by atoms with Crippen molar-refractivity contribution in [3.63, 3.8) is 0 Å². The van der Waals surface area contributed by atoms with E-state index in [0.29, 0.717) is 12.2 Å². The van der Waals surface area contributed by atoms with Crippen LogP contribution < -0.4 is 10.6 Å². The number of aliphatic carboxylic acids is 1. The number of nitrogens with one attached hydrogen (secondary N) is 3. The van der Waals surface area contributed by atoms with Crippen molar-refractivity contribution in [3.05, 3.63) is 12.2 Å². The van der Waals surface area contributed by atoms with Crippen LogP contribution in [-0.2, 0) is 4.79 Å². The normalized spacial score (nSPS) is 13.9. The highest BCUT2D eigenvalue weighted by atomic mass is 16.4. The quantitative estimate of drug-likeness (QED) is 0.604. The number of hydrogen-bond acceptors (Lipinski definition) is 4. The van der Waals surface area contributed by atoms with Crippen LogP contribution in [0.25, 0.3) is 0 Å². The maximum atomic E-state index is 11.7. The Balaban J connectivity index is 2.51. The first kappa shape index (κ1) is 14.9. The number of carbonyl (C=O) groups is 2. The second-order valence-corrected chi connectivity index (χ2v) is 4.73. The van der Waals surface area contributed by atoms with Gasteiger partial charge in [0.1, 0.15) is 18.2 Å². The van der Waals surface area contributed by atoms with Crippen LogP contribution in [0.1, 0.15) is 39.1 Å². The third-order valence-corrected chi connectivity index (χ3v) is 2.50. The van der Waals surface area contributed by atoms with Gasteiger partial charge in [0, 0.05) is 0 Å². The maximum absolute atomic E-state index is 11.7. The van der Waals surface area contributed by atoms with E-state index in [4.69, 9.17) is 5.11 Å². The van der Waals surface area contributed by atoms with Crippen LogP contribution in [0.5, 0.6) is 0 Å². The molecular weight excluding hydrogens is 250 g/mol. The van der Waals surface area contributed by atoms with Crippen LogP contribution in [0.2, 0.25) is 0 Å². The van der Waals surface area contributed by atoms with Gasteiger partial charge in [0.25, 0.3) is 0 Å². The van der Waals surface area contributed by atoms with Crippen molar-refractivity contribution in [3.8, 4) is 0 Å². The summed E-state index contributed by atoms with van der Waals surface area (Å²) in [6.07, 6.45) is 1.71. The van der Waals surface area contributed by atoms with Gasteiger partial charge in [-0.3, -0.25) is 5.10 Å². The van der Waals surface area contributed by atoms with Gasteiger partial charge in [0.2, 0.25) is 0 Å². The average molecular weight is 269 g/mol. The molecule has 0 bridgehead atoms. The van der Waals surface area contributed by atoms with Crippen LogP contribution in [0, 0.1) is 5.92 Å². The summed E-state index contributed by atoms with van der Waals surface area (Å²) in [5.74, 6) is -0.366. The molecule has 19 heavy (non-hydrogen) atoms. The number of carboxylic acids is 1. The molecule has 4 N–H and O–H groups in total. The fourth-order valence-corrected chi connectivity index (χ4v) is 1.58. The van der Waals surface area contributed by atoms with Crippen LogP contribution in [-0.4, -0.2) is 38.3 Å². The van der Waals surface area contributed by atoms with Gasteiger partial charge in [0.15, 0.2) is 0 Å². The maximum Gasteiger partial charge on any atom is 0.326 e. The first-order valence-corrected chi connectivity index (χ1v) is 6.05. The number of aromatic amines is 1. The topological polar surface area (TPSA) is 120 Å². The zero-order valence-corrected chi connectivity index (χ0v) is 11.2. The van der Waals surface area contributed by atoms with Crippen LogP contribution in [0.3, 0.4) is 0 Å². The number of aromatic nitrogens is 3. The number of urea groups is 1. The fourth-order valence-electron chi connectivity index (χ4n) is 1.58. The van der Waals surface area contributed by atoms with E-state index >= 15 is 0 Å². The lowest BCUT2D eigenvalue weighted by atomic mass is 10.0. The molecule has 1 aromatic heterocycles. The number of carbonyl (C=O) groups excluding carboxylic acids is 1. The fraction of sp³-hybridized carbons (Fsp3) is 0.636. The first-order chi connectivity index (χ1) is 8.90. The number of carboxylic acid groups (broad SMARTS) is 1. The third kappa shape index (κ3) is 4.94. The summed E-state index contributed by atoms with van der Waals surface area (Å²) in [6, 6.07) is -1.82. The summed E-state index contributed by atoms with van der Waals surface area (Å²) < 4.78 is 0. The van der Waals surface area contributed by atoms with Gasteiger partial charge in [-0.05, 0) is 19.3 Å². The van der Waals surface area contributed by atoms with Gasteiger partial charge in [-0.1, -0.05) is 13.8 Å². The number of amides is 2. The Kier molecular flexibility index (Phi) is 5.28. The van der Waals surface area contributed by atoms with E-state index in [1.165, 1.54) is 6.33 Å². The Labute approximate surface area is 111 Å². The second kappa shape index (κ2) is 6.72. The summed E-state index contributed by atoms with van der Waals surface area (Å²) in [7, 11) is 0. The van der Waals surface area contributed by atoms with Crippen molar-refractivity contribution in [2.75, 3.05) is 0 Å². The minimum Gasteiger partial charge on any atom is -0.480 e. The molecule has 0 saturated carbocycles. The number of H-pyrrole nitrogens is 1.